The molecule has 1 fully saturated rings. The van der Waals surface area contributed by atoms with Crippen molar-refractivity contribution in [3.05, 3.63) is 75.8 Å². The second-order valence-electron chi connectivity index (χ2n) is 6.26. The molecule has 1 saturated heterocycles. The van der Waals surface area contributed by atoms with Crippen LogP contribution in [0.1, 0.15) is 28.8 Å². The lowest BCUT2D eigenvalue weighted by molar-refractivity contribution is 0.104. The number of hydrogen-bond acceptors (Lipinski definition) is 3. The number of aromatic nitrogens is 1. The van der Waals surface area contributed by atoms with Gasteiger partial charge in [-0.2, -0.15) is 0 Å². The van der Waals surface area contributed by atoms with E-state index in [1.165, 1.54) is 18.2 Å². The molecule has 3 aromatic rings. The summed E-state index contributed by atoms with van der Waals surface area (Å²) in [5.74, 6) is -0.202. The lowest BCUT2D eigenvalue weighted by Gasteiger charge is -2.21. The molecular weight excluding hydrogens is 319 g/mol. The maximum Gasteiger partial charge on any atom is 0.257 e. The Kier molecular flexibility index (Phi) is 3.84. The Labute approximate surface area is 143 Å². The molecule has 4 nitrogen and oxygen atoms in total. The first-order chi connectivity index (χ1) is 12.1. The number of anilines is 1. The van der Waals surface area contributed by atoms with Gasteiger partial charge in [0.2, 0.25) is 0 Å². The van der Waals surface area contributed by atoms with Crippen LogP contribution in [-0.4, -0.2) is 23.9 Å². The highest BCUT2D eigenvalue weighted by Gasteiger charge is 2.24. The number of ketones is 1. The maximum atomic E-state index is 13.6. The van der Waals surface area contributed by atoms with Crippen LogP contribution in [0.5, 0.6) is 0 Å². The summed E-state index contributed by atoms with van der Waals surface area (Å²) in [4.78, 5) is 30.6. The van der Waals surface area contributed by atoms with Crippen molar-refractivity contribution in [1.82, 2.24) is 4.98 Å². The van der Waals surface area contributed by atoms with Crippen molar-refractivity contribution < 1.29 is 9.18 Å². The monoisotopic (exact) mass is 336 g/mol. The quantitative estimate of drug-likeness (QED) is 0.745. The van der Waals surface area contributed by atoms with Gasteiger partial charge in [0.1, 0.15) is 11.6 Å². The summed E-state index contributed by atoms with van der Waals surface area (Å²) in [7, 11) is 0. The smallest absolute Gasteiger partial charge is 0.257 e. The topological polar surface area (TPSA) is 53.2 Å². The second-order valence-corrected chi connectivity index (χ2v) is 6.26. The van der Waals surface area contributed by atoms with E-state index in [1.54, 1.807) is 30.3 Å². The Morgan fingerprint density at radius 3 is 2.44 bits per heavy atom. The predicted molar refractivity (Wildman–Crippen MR) is 95.8 cm³/mol. The molecule has 0 bridgehead atoms. The maximum absolute atomic E-state index is 13.6. The summed E-state index contributed by atoms with van der Waals surface area (Å²) in [6, 6.07) is 12.7. The lowest BCUT2D eigenvalue weighted by atomic mass is 9.98. The SMILES string of the molecule is O=C(c1cccc(F)c1)c1c(N2CCCC2)[nH]c(=O)c2ccccc12. The standard InChI is InChI=1S/C20H17FN2O2/c21-14-7-5-6-13(12-14)18(24)17-15-8-1-2-9-16(15)20(25)22-19(17)23-10-3-4-11-23/h1-2,5-9,12H,3-4,10-11H2,(H,22,25). The van der Waals surface area contributed by atoms with Gasteiger partial charge in [-0.1, -0.05) is 30.3 Å². The highest BCUT2D eigenvalue weighted by Crippen LogP contribution is 2.29. The number of H-pyrrole nitrogens is 1. The average molecular weight is 336 g/mol. The Morgan fingerprint density at radius 2 is 1.72 bits per heavy atom. The van der Waals surface area contributed by atoms with Crippen molar-refractivity contribution >= 4 is 22.4 Å². The van der Waals surface area contributed by atoms with Crippen molar-refractivity contribution in [1.29, 1.82) is 0 Å². The molecule has 126 valence electrons. The number of carbonyl (C=O) groups excluding carboxylic acids is 1. The van der Waals surface area contributed by atoms with E-state index >= 15 is 0 Å². The van der Waals surface area contributed by atoms with Gasteiger partial charge in [0.15, 0.2) is 5.78 Å². The van der Waals surface area contributed by atoms with Gasteiger partial charge in [-0.3, -0.25) is 9.59 Å². The molecule has 2 heterocycles. The van der Waals surface area contributed by atoms with Gasteiger partial charge in [-0.25, -0.2) is 4.39 Å². The minimum absolute atomic E-state index is 0.215. The summed E-state index contributed by atoms with van der Waals surface area (Å²) in [6.45, 7) is 1.58. The van der Waals surface area contributed by atoms with Crippen molar-refractivity contribution in [2.75, 3.05) is 18.0 Å². The third-order valence-electron chi connectivity index (χ3n) is 4.65. The first-order valence-electron chi connectivity index (χ1n) is 8.35. The number of aromatic amines is 1. The molecule has 0 unspecified atom stereocenters. The van der Waals surface area contributed by atoms with Crippen molar-refractivity contribution in [2.24, 2.45) is 0 Å². The zero-order chi connectivity index (χ0) is 17.4. The molecular formula is C20H17FN2O2. The molecule has 1 aliphatic heterocycles. The van der Waals surface area contributed by atoms with Crippen LogP contribution < -0.4 is 10.5 Å². The third kappa shape index (κ3) is 2.71. The minimum Gasteiger partial charge on any atom is -0.357 e. The van der Waals surface area contributed by atoms with Crippen LogP contribution in [0.3, 0.4) is 0 Å². The van der Waals surface area contributed by atoms with Gasteiger partial charge in [-0.05, 0) is 31.0 Å². The summed E-state index contributed by atoms with van der Waals surface area (Å²) in [5, 5.41) is 1.06. The molecule has 0 spiro atoms. The predicted octanol–water partition coefficient (Wildman–Crippen LogP) is 3.50. The van der Waals surface area contributed by atoms with Crippen LogP contribution in [0.15, 0.2) is 53.3 Å². The largest absolute Gasteiger partial charge is 0.357 e. The van der Waals surface area contributed by atoms with Gasteiger partial charge in [-0.15, -0.1) is 0 Å². The van der Waals surface area contributed by atoms with Gasteiger partial charge in [0, 0.05) is 29.4 Å². The van der Waals surface area contributed by atoms with E-state index in [4.69, 9.17) is 0 Å². The number of nitrogens with zero attached hydrogens (tertiary/aromatic N) is 1. The molecule has 1 N–H and O–H groups in total. The first kappa shape index (κ1) is 15.6. The normalized spacial score (nSPS) is 14.2. The Bertz CT molecular complexity index is 1020. The van der Waals surface area contributed by atoms with E-state index in [-0.39, 0.29) is 16.9 Å². The Morgan fingerprint density at radius 1 is 1.00 bits per heavy atom. The van der Waals surface area contributed by atoms with Crippen LogP contribution in [0.2, 0.25) is 0 Å². The van der Waals surface area contributed by atoms with Crippen LogP contribution in [0.25, 0.3) is 10.8 Å². The molecule has 0 saturated carbocycles. The highest BCUT2D eigenvalue weighted by atomic mass is 19.1. The molecule has 0 atom stereocenters. The molecule has 2 aromatic carbocycles. The molecule has 1 aromatic heterocycles. The van der Waals surface area contributed by atoms with Crippen LogP contribution in [-0.2, 0) is 0 Å². The molecule has 5 heteroatoms. The van der Waals surface area contributed by atoms with E-state index in [1.807, 2.05) is 4.90 Å². The van der Waals surface area contributed by atoms with E-state index in [0.717, 1.165) is 25.9 Å². The van der Waals surface area contributed by atoms with Crippen LogP contribution in [0, 0.1) is 5.82 Å². The first-order valence-corrected chi connectivity index (χ1v) is 8.35. The fourth-order valence-electron chi connectivity index (χ4n) is 3.45. The van der Waals surface area contributed by atoms with Crippen molar-refractivity contribution in [2.45, 2.75) is 12.8 Å². The van der Waals surface area contributed by atoms with Crippen molar-refractivity contribution in [3.8, 4) is 0 Å². The summed E-state index contributed by atoms with van der Waals surface area (Å²) < 4.78 is 13.6. The number of carbonyl (C=O) groups is 1. The Balaban J connectivity index is 1.99. The number of hydrogen-bond donors (Lipinski definition) is 1. The molecule has 0 amide bonds. The number of halogens is 1. The molecule has 0 radical (unpaired) electrons. The van der Waals surface area contributed by atoms with E-state index in [0.29, 0.717) is 22.2 Å². The van der Waals surface area contributed by atoms with Crippen molar-refractivity contribution in [3.63, 3.8) is 0 Å². The van der Waals surface area contributed by atoms with Crippen LogP contribution in [0.4, 0.5) is 10.2 Å². The lowest BCUT2D eigenvalue weighted by Crippen LogP contribution is -2.26. The molecule has 25 heavy (non-hydrogen) atoms. The zero-order valence-corrected chi connectivity index (χ0v) is 13.6. The van der Waals surface area contributed by atoms with E-state index in [2.05, 4.69) is 4.98 Å². The second kappa shape index (κ2) is 6.16. The van der Waals surface area contributed by atoms with Gasteiger partial charge in [0.05, 0.1) is 5.56 Å². The average Bonchev–Trinajstić information content (AvgIpc) is 3.16. The summed E-state index contributed by atoms with van der Waals surface area (Å²) >= 11 is 0. The molecule has 1 aliphatic rings. The summed E-state index contributed by atoms with van der Waals surface area (Å²) in [5.41, 5.74) is 0.494. The highest BCUT2D eigenvalue weighted by molar-refractivity contribution is 6.19. The zero-order valence-electron chi connectivity index (χ0n) is 13.6. The molecule has 4 rings (SSSR count). The summed E-state index contributed by atoms with van der Waals surface area (Å²) in [6.07, 6.45) is 2.03. The van der Waals surface area contributed by atoms with Gasteiger partial charge >= 0.3 is 0 Å². The number of benzene rings is 2. The van der Waals surface area contributed by atoms with E-state index < -0.39 is 5.82 Å². The van der Waals surface area contributed by atoms with Gasteiger partial charge < -0.3 is 9.88 Å². The minimum atomic E-state index is -0.456. The van der Waals surface area contributed by atoms with Gasteiger partial charge in [0.25, 0.3) is 5.56 Å². The Hall–Kier alpha value is -2.95. The van der Waals surface area contributed by atoms with E-state index in [9.17, 15) is 14.0 Å². The number of nitrogens with one attached hydrogen (secondary N) is 1. The van der Waals surface area contributed by atoms with Crippen LogP contribution >= 0.6 is 0 Å². The number of rotatable bonds is 3. The number of fused-ring (bicyclic) bond motifs is 1. The fourth-order valence-corrected chi connectivity index (χ4v) is 3.45. The third-order valence-corrected chi connectivity index (χ3v) is 4.65. The fraction of sp³-hybridized carbons (Fsp3) is 0.200. The number of pyridine rings is 1. The molecule has 0 aliphatic carbocycles.